The van der Waals surface area contributed by atoms with Gasteiger partial charge >= 0.3 is 5.97 Å². The van der Waals surface area contributed by atoms with Crippen LogP contribution in [0.3, 0.4) is 0 Å². The van der Waals surface area contributed by atoms with Gasteiger partial charge in [-0.2, -0.15) is 0 Å². The van der Waals surface area contributed by atoms with Crippen molar-refractivity contribution in [2.45, 2.75) is 50.5 Å². The summed E-state index contributed by atoms with van der Waals surface area (Å²) in [6, 6.07) is 14.6. The topological polar surface area (TPSA) is 100 Å². The van der Waals surface area contributed by atoms with Gasteiger partial charge in [0.05, 0.1) is 20.8 Å². The molecule has 2 aromatic carbocycles. The average molecular weight is 488 g/mol. The maximum absolute atomic E-state index is 13.7. The number of ether oxygens (including phenoxy) is 3. The lowest BCUT2D eigenvalue weighted by atomic mass is 9.76. The average Bonchev–Trinajstić information content (AvgIpc) is 3.41. The highest BCUT2D eigenvalue weighted by atomic mass is 19.3. The van der Waals surface area contributed by atoms with E-state index in [2.05, 4.69) is 0 Å². The largest absolute Gasteiger partial charge is 0.497 e. The first kappa shape index (κ1) is 24.8. The molecule has 4 N–H and O–H groups in total. The number of esters is 1. The number of halogens is 2. The standard InChI is InChI=1S/C26H31F2N3O4/c1-33-20-7-3-17(4-8-20)15-31(30)23(22(29)24(32)34-2)35-21-9-5-18(6-10-21)19-11-13-25(14-12-19)16-26(25,27)28/h3-10,19H,11-16,29-30H2,1-2H3/b23-22+. The van der Waals surface area contributed by atoms with Gasteiger partial charge in [-0.15, -0.1) is 0 Å². The molecule has 2 fully saturated rings. The SMILES string of the molecule is COC(=O)/C(N)=C(\Oc1ccc(C2CCC3(CC2)CC3(F)F)cc1)N(N)Cc1ccc(OC)cc1. The van der Waals surface area contributed by atoms with E-state index in [1.54, 1.807) is 31.4 Å². The van der Waals surface area contributed by atoms with Gasteiger partial charge in [0.2, 0.25) is 5.88 Å². The van der Waals surface area contributed by atoms with Gasteiger partial charge in [-0.25, -0.2) is 19.4 Å². The number of rotatable bonds is 8. The summed E-state index contributed by atoms with van der Waals surface area (Å²) >= 11 is 0. The summed E-state index contributed by atoms with van der Waals surface area (Å²) < 4.78 is 43.2. The van der Waals surface area contributed by atoms with Gasteiger partial charge in [0.25, 0.3) is 5.92 Å². The molecule has 2 aliphatic carbocycles. The lowest BCUT2D eigenvalue weighted by Crippen LogP contribution is -2.36. The molecule has 0 aromatic heterocycles. The second kappa shape index (κ2) is 9.73. The number of nitrogens with two attached hydrogens (primary N) is 2. The maximum Gasteiger partial charge on any atom is 0.359 e. The Balaban J connectivity index is 1.45. The highest BCUT2D eigenvalue weighted by molar-refractivity contribution is 5.87. The van der Waals surface area contributed by atoms with E-state index in [1.807, 2.05) is 24.3 Å². The third-order valence-electron chi connectivity index (χ3n) is 7.13. The molecule has 0 heterocycles. The number of benzene rings is 2. The van der Waals surface area contributed by atoms with Crippen molar-refractivity contribution in [3.63, 3.8) is 0 Å². The Hall–Kier alpha value is -3.33. The third kappa shape index (κ3) is 5.19. The summed E-state index contributed by atoms with van der Waals surface area (Å²) in [4.78, 5) is 12.1. The van der Waals surface area contributed by atoms with Crippen LogP contribution >= 0.6 is 0 Å². The number of alkyl halides is 2. The van der Waals surface area contributed by atoms with E-state index >= 15 is 0 Å². The van der Waals surface area contributed by atoms with Crippen molar-refractivity contribution in [3.8, 4) is 11.5 Å². The van der Waals surface area contributed by atoms with E-state index in [0.29, 0.717) is 24.3 Å². The van der Waals surface area contributed by atoms with Crippen LogP contribution in [0.25, 0.3) is 0 Å². The van der Waals surface area contributed by atoms with E-state index in [1.165, 1.54) is 12.1 Å². The minimum atomic E-state index is -2.49. The molecule has 0 atom stereocenters. The van der Waals surface area contributed by atoms with Crippen molar-refractivity contribution in [2.24, 2.45) is 17.0 Å². The summed E-state index contributed by atoms with van der Waals surface area (Å²) in [6.45, 7) is 0.212. The first-order valence-corrected chi connectivity index (χ1v) is 11.6. The minimum absolute atomic E-state index is 0.0301. The predicted molar refractivity (Wildman–Crippen MR) is 126 cm³/mol. The quantitative estimate of drug-likeness (QED) is 0.187. The molecule has 4 rings (SSSR count). The summed E-state index contributed by atoms with van der Waals surface area (Å²) in [5.74, 6) is 4.31. The van der Waals surface area contributed by atoms with Crippen LogP contribution in [0.1, 0.15) is 49.1 Å². The van der Waals surface area contributed by atoms with Gasteiger partial charge < -0.3 is 19.9 Å². The van der Waals surface area contributed by atoms with Crippen molar-refractivity contribution in [2.75, 3.05) is 14.2 Å². The van der Waals surface area contributed by atoms with Gasteiger partial charge in [0, 0.05) is 11.8 Å². The monoisotopic (exact) mass is 487 g/mol. The van der Waals surface area contributed by atoms with Crippen molar-refractivity contribution < 1.29 is 27.8 Å². The highest BCUT2D eigenvalue weighted by Gasteiger charge is 2.70. The van der Waals surface area contributed by atoms with E-state index in [9.17, 15) is 13.6 Å². The van der Waals surface area contributed by atoms with Gasteiger partial charge in [-0.3, -0.25) is 5.01 Å². The summed E-state index contributed by atoms with van der Waals surface area (Å²) in [5, 5.41) is 1.23. The highest BCUT2D eigenvalue weighted by Crippen LogP contribution is 2.68. The molecular weight excluding hydrogens is 456 g/mol. The molecule has 0 radical (unpaired) electrons. The number of carbonyl (C=O) groups is 1. The molecule has 0 aliphatic heterocycles. The summed E-state index contributed by atoms with van der Waals surface area (Å²) in [6.07, 6.45) is 2.63. The van der Waals surface area contributed by atoms with E-state index in [0.717, 1.165) is 24.0 Å². The van der Waals surface area contributed by atoms with E-state index < -0.39 is 17.3 Å². The van der Waals surface area contributed by atoms with Crippen molar-refractivity contribution >= 4 is 5.97 Å². The predicted octanol–water partition coefficient (Wildman–Crippen LogP) is 4.43. The smallest absolute Gasteiger partial charge is 0.359 e. The Morgan fingerprint density at radius 2 is 1.60 bits per heavy atom. The normalized spacial score (nSPS) is 23.3. The molecule has 0 saturated heterocycles. The van der Waals surface area contributed by atoms with E-state index in [-0.39, 0.29) is 30.5 Å². The summed E-state index contributed by atoms with van der Waals surface area (Å²) in [7, 11) is 2.80. The zero-order valence-corrected chi connectivity index (χ0v) is 19.9. The van der Waals surface area contributed by atoms with Crippen LogP contribution in [0.15, 0.2) is 60.1 Å². The maximum atomic E-state index is 13.7. The number of nitrogens with zero attached hydrogens (tertiary/aromatic N) is 1. The first-order valence-electron chi connectivity index (χ1n) is 11.6. The van der Waals surface area contributed by atoms with Crippen LogP contribution in [0.2, 0.25) is 0 Å². The molecule has 0 unspecified atom stereocenters. The van der Waals surface area contributed by atoms with Crippen LogP contribution in [-0.4, -0.2) is 31.1 Å². The number of methoxy groups -OCH3 is 2. The molecule has 7 nitrogen and oxygen atoms in total. The molecule has 9 heteroatoms. The van der Waals surface area contributed by atoms with Gasteiger partial charge in [0.15, 0.2) is 5.70 Å². The number of hydrogen-bond acceptors (Lipinski definition) is 7. The van der Waals surface area contributed by atoms with E-state index in [4.69, 9.17) is 25.8 Å². The second-order valence-corrected chi connectivity index (χ2v) is 9.29. The fourth-order valence-corrected chi connectivity index (χ4v) is 4.81. The number of carbonyl (C=O) groups excluding carboxylic acids is 1. The third-order valence-corrected chi connectivity index (χ3v) is 7.13. The van der Waals surface area contributed by atoms with Crippen molar-refractivity contribution in [3.05, 3.63) is 71.2 Å². The van der Waals surface area contributed by atoms with Crippen LogP contribution in [-0.2, 0) is 16.1 Å². The second-order valence-electron chi connectivity index (χ2n) is 9.29. The first-order chi connectivity index (χ1) is 16.7. The Morgan fingerprint density at radius 1 is 1.03 bits per heavy atom. The number of hydrogen-bond donors (Lipinski definition) is 2. The zero-order valence-electron chi connectivity index (χ0n) is 19.9. The Kier molecular flexibility index (Phi) is 6.89. The molecule has 0 bridgehead atoms. The number of hydrazine groups is 1. The minimum Gasteiger partial charge on any atom is -0.497 e. The molecule has 35 heavy (non-hydrogen) atoms. The molecule has 2 aromatic rings. The van der Waals surface area contributed by atoms with Crippen LogP contribution in [0.4, 0.5) is 8.78 Å². The fourth-order valence-electron chi connectivity index (χ4n) is 4.81. The molecule has 188 valence electrons. The molecule has 1 spiro atoms. The van der Waals surface area contributed by atoms with Gasteiger partial charge in [0.1, 0.15) is 11.5 Å². The van der Waals surface area contributed by atoms with Gasteiger partial charge in [-0.05, 0) is 67.0 Å². The Bertz CT molecular complexity index is 1080. The molecule has 0 amide bonds. The zero-order chi connectivity index (χ0) is 25.2. The van der Waals surface area contributed by atoms with Crippen LogP contribution in [0.5, 0.6) is 11.5 Å². The Morgan fingerprint density at radius 3 is 2.11 bits per heavy atom. The molecular formula is C26H31F2N3O4. The van der Waals surface area contributed by atoms with Gasteiger partial charge in [-0.1, -0.05) is 24.3 Å². The Labute approximate surface area is 203 Å². The fraction of sp³-hybridized carbons (Fsp3) is 0.423. The lowest BCUT2D eigenvalue weighted by Gasteiger charge is -2.29. The lowest BCUT2D eigenvalue weighted by molar-refractivity contribution is -0.136. The van der Waals surface area contributed by atoms with Crippen LogP contribution in [0, 0.1) is 5.41 Å². The van der Waals surface area contributed by atoms with Crippen molar-refractivity contribution in [1.82, 2.24) is 5.01 Å². The van der Waals surface area contributed by atoms with Crippen LogP contribution < -0.4 is 21.1 Å². The van der Waals surface area contributed by atoms with Crippen molar-refractivity contribution in [1.29, 1.82) is 0 Å². The molecule has 2 aliphatic rings. The summed E-state index contributed by atoms with van der Waals surface area (Å²) in [5.41, 5.74) is 6.89. The molecule has 2 saturated carbocycles.